The van der Waals surface area contributed by atoms with E-state index in [1.807, 2.05) is 61.5 Å². The van der Waals surface area contributed by atoms with Crippen molar-refractivity contribution >= 4 is 23.1 Å². The highest BCUT2D eigenvalue weighted by molar-refractivity contribution is 5.79. The van der Waals surface area contributed by atoms with Crippen molar-refractivity contribution in [2.45, 2.75) is 51.9 Å². The topological polar surface area (TPSA) is 108 Å². The van der Waals surface area contributed by atoms with Crippen molar-refractivity contribution < 1.29 is 19.4 Å². The SMILES string of the molecule is CCC1(C(=O)O)CN(C(=O)OC[C@H](C)N(Cc2ccccc2)Cc2ccccc2)CCC1n1c(=O)[nH]c2ccccc21. The second-order valence-corrected chi connectivity index (χ2v) is 11.2. The number of imidazole rings is 1. The Labute approximate surface area is 245 Å². The third kappa shape index (κ3) is 5.97. The van der Waals surface area contributed by atoms with Gasteiger partial charge in [-0.25, -0.2) is 9.59 Å². The van der Waals surface area contributed by atoms with Crippen molar-refractivity contribution in [2.75, 3.05) is 19.7 Å². The number of rotatable bonds is 10. The van der Waals surface area contributed by atoms with E-state index >= 15 is 0 Å². The van der Waals surface area contributed by atoms with Crippen LogP contribution in [0.2, 0.25) is 0 Å². The Morgan fingerprint density at radius 2 is 1.60 bits per heavy atom. The van der Waals surface area contributed by atoms with Crippen LogP contribution in [0.15, 0.2) is 89.7 Å². The summed E-state index contributed by atoms with van der Waals surface area (Å²) < 4.78 is 7.37. The predicted molar refractivity (Wildman–Crippen MR) is 161 cm³/mol. The molecule has 2 heterocycles. The Kier molecular flexibility index (Phi) is 8.77. The second-order valence-electron chi connectivity index (χ2n) is 11.2. The first-order valence-electron chi connectivity index (χ1n) is 14.5. The molecule has 1 aliphatic heterocycles. The van der Waals surface area contributed by atoms with Crippen molar-refractivity contribution in [2.24, 2.45) is 5.41 Å². The summed E-state index contributed by atoms with van der Waals surface area (Å²) in [6, 6.07) is 26.9. The Balaban J connectivity index is 1.30. The number of aliphatic carboxylic acids is 1. The highest BCUT2D eigenvalue weighted by atomic mass is 16.6. The summed E-state index contributed by atoms with van der Waals surface area (Å²) in [7, 11) is 0. The average Bonchev–Trinajstić information content (AvgIpc) is 3.35. The number of benzene rings is 3. The van der Waals surface area contributed by atoms with Crippen LogP contribution in [0.5, 0.6) is 0 Å². The highest BCUT2D eigenvalue weighted by Gasteiger charge is 2.51. The van der Waals surface area contributed by atoms with E-state index in [-0.39, 0.29) is 37.8 Å². The molecule has 9 heteroatoms. The normalized spacial score (nSPS) is 19.6. The molecule has 3 aromatic carbocycles. The molecule has 9 nitrogen and oxygen atoms in total. The lowest BCUT2D eigenvalue weighted by Crippen LogP contribution is -2.56. The van der Waals surface area contributed by atoms with Crippen LogP contribution in [0.25, 0.3) is 11.0 Å². The van der Waals surface area contributed by atoms with E-state index in [9.17, 15) is 19.5 Å². The number of H-pyrrole nitrogens is 1. The molecule has 3 atom stereocenters. The van der Waals surface area contributed by atoms with Crippen molar-refractivity contribution in [3.63, 3.8) is 0 Å². The minimum atomic E-state index is -1.34. The molecule has 2 unspecified atom stereocenters. The fourth-order valence-electron chi connectivity index (χ4n) is 6.10. The van der Waals surface area contributed by atoms with E-state index in [0.717, 1.165) is 11.1 Å². The van der Waals surface area contributed by atoms with E-state index in [4.69, 9.17) is 4.74 Å². The number of ether oxygens (including phenoxy) is 1. The van der Waals surface area contributed by atoms with Gasteiger partial charge in [-0.3, -0.25) is 14.3 Å². The minimum absolute atomic E-state index is 0.0413. The number of hydrogen-bond acceptors (Lipinski definition) is 5. The van der Waals surface area contributed by atoms with Gasteiger partial charge in [-0.1, -0.05) is 79.7 Å². The fourth-order valence-corrected chi connectivity index (χ4v) is 6.10. The lowest BCUT2D eigenvalue weighted by molar-refractivity contribution is -0.156. The fraction of sp³-hybridized carbons (Fsp3) is 0.364. The van der Waals surface area contributed by atoms with Crippen molar-refractivity contribution in [3.05, 3.63) is 107 Å². The number of carbonyl (C=O) groups is 2. The molecule has 0 spiro atoms. The molecule has 1 saturated heterocycles. The van der Waals surface area contributed by atoms with Gasteiger partial charge < -0.3 is 19.7 Å². The van der Waals surface area contributed by atoms with Crippen LogP contribution in [0, 0.1) is 5.41 Å². The molecule has 220 valence electrons. The third-order valence-electron chi connectivity index (χ3n) is 8.56. The van der Waals surface area contributed by atoms with E-state index in [2.05, 4.69) is 34.1 Å². The van der Waals surface area contributed by atoms with Gasteiger partial charge in [0.15, 0.2) is 0 Å². The number of nitrogens with zero attached hydrogens (tertiary/aromatic N) is 3. The molecule has 4 aromatic rings. The molecule has 5 rings (SSSR count). The maximum atomic E-state index is 13.4. The summed E-state index contributed by atoms with van der Waals surface area (Å²) in [5, 5.41) is 10.5. The number of piperidine rings is 1. The number of likely N-dealkylation sites (tertiary alicyclic amines) is 1. The summed E-state index contributed by atoms with van der Waals surface area (Å²) in [5.74, 6) is -1.03. The number of para-hydroxylation sites is 2. The van der Waals surface area contributed by atoms with Crippen LogP contribution in [-0.4, -0.2) is 62.3 Å². The zero-order chi connectivity index (χ0) is 29.7. The number of aromatic amines is 1. The van der Waals surface area contributed by atoms with Gasteiger partial charge >= 0.3 is 17.8 Å². The van der Waals surface area contributed by atoms with Gasteiger partial charge in [-0.15, -0.1) is 0 Å². The van der Waals surface area contributed by atoms with Gasteiger partial charge in [0.1, 0.15) is 12.0 Å². The quantitative estimate of drug-likeness (QED) is 0.269. The maximum Gasteiger partial charge on any atom is 0.409 e. The molecule has 1 fully saturated rings. The van der Waals surface area contributed by atoms with Gasteiger partial charge in [-0.05, 0) is 43.0 Å². The number of carboxylic acids is 1. The molecular weight excluding hydrogens is 532 g/mol. The zero-order valence-electron chi connectivity index (χ0n) is 24.1. The first-order valence-corrected chi connectivity index (χ1v) is 14.5. The standard InChI is InChI=1S/C33H38N4O5/c1-3-33(30(38)39)23-35(19-18-29(33)37-28-17-11-10-16-27(28)34-31(37)40)32(41)42-22-24(2)36(20-25-12-6-4-7-13-25)21-26-14-8-5-9-15-26/h4-17,24,29H,3,18-23H2,1-2H3,(H,34,40)(H,38,39)/t24-,29?,33?/m0/s1. The van der Waals surface area contributed by atoms with Gasteiger partial charge in [0.05, 0.1) is 17.1 Å². The smallest absolute Gasteiger partial charge is 0.409 e. The van der Waals surface area contributed by atoms with Crippen LogP contribution in [0.1, 0.15) is 43.9 Å². The summed E-state index contributed by atoms with van der Waals surface area (Å²) in [6.45, 7) is 5.61. The maximum absolute atomic E-state index is 13.4. The average molecular weight is 571 g/mol. The molecule has 2 N–H and O–H groups in total. The van der Waals surface area contributed by atoms with Gasteiger partial charge in [0, 0.05) is 32.2 Å². The number of fused-ring (bicyclic) bond motifs is 1. The molecule has 0 aliphatic carbocycles. The molecule has 1 amide bonds. The summed E-state index contributed by atoms with van der Waals surface area (Å²) in [4.78, 5) is 45.8. The highest BCUT2D eigenvalue weighted by Crippen LogP contribution is 2.43. The third-order valence-corrected chi connectivity index (χ3v) is 8.56. The molecule has 1 aromatic heterocycles. The van der Waals surface area contributed by atoms with Crippen LogP contribution in [0.4, 0.5) is 4.79 Å². The summed E-state index contributed by atoms with van der Waals surface area (Å²) >= 11 is 0. The minimum Gasteiger partial charge on any atom is -0.481 e. The van der Waals surface area contributed by atoms with Crippen molar-refractivity contribution in [3.8, 4) is 0 Å². The van der Waals surface area contributed by atoms with E-state index < -0.39 is 23.5 Å². The number of carbonyl (C=O) groups excluding carboxylic acids is 1. The van der Waals surface area contributed by atoms with E-state index in [0.29, 0.717) is 30.5 Å². The van der Waals surface area contributed by atoms with Crippen molar-refractivity contribution in [1.29, 1.82) is 0 Å². The molecule has 1 aliphatic rings. The lowest BCUT2D eigenvalue weighted by atomic mass is 9.73. The Hall–Kier alpha value is -4.37. The molecular formula is C33H38N4O5. The lowest BCUT2D eigenvalue weighted by Gasteiger charge is -2.45. The largest absolute Gasteiger partial charge is 0.481 e. The number of carboxylic acid groups (broad SMARTS) is 1. The summed E-state index contributed by atoms with van der Waals surface area (Å²) in [5.41, 5.74) is 1.95. The predicted octanol–water partition coefficient (Wildman–Crippen LogP) is 5.28. The molecule has 0 bridgehead atoms. The van der Waals surface area contributed by atoms with E-state index in [1.165, 1.54) is 4.90 Å². The van der Waals surface area contributed by atoms with Crippen LogP contribution < -0.4 is 5.69 Å². The van der Waals surface area contributed by atoms with Crippen LogP contribution in [0.3, 0.4) is 0 Å². The van der Waals surface area contributed by atoms with Gasteiger partial charge in [0.25, 0.3) is 0 Å². The van der Waals surface area contributed by atoms with Crippen LogP contribution >= 0.6 is 0 Å². The Morgan fingerprint density at radius 1 is 1.00 bits per heavy atom. The monoisotopic (exact) mass is 570 g/mol. The zero-order valence-corrected chi connectivity index (χ0v) is 24.1. The Bertz CT molecular complexity index is 1530. The number of aromatic nitrogens is 2. The molecule has 0 saturated carbocycles. The number of nitrogens with one attached hydrogen (secondary N) is 1. The van der Waals surface area contributed by atoms with Gasteiger partial charge in [-0.2, -0.15) is 0 Å². The first-order chi connectivity index (χ1) is 20.3. The number of hydrogen-bond donors (Lipinski definition) is 2. The Morgan fingerprint density at radius 3 is 2.19 bits per heavy atom. The van der Waals surface area contributed by atoms with Crippen molar-refractivity contribution in [1.82, 2.24) is 19.4 Å². The number of amides is 1. The second kappa shape index (κ2) is 12.7. The van der Waals surface area contributed by atoms with Gasteiger partial charge in [0.2, 0.25) is 0 Å². The summed E-state index contributed by atoms with van der Waals surface area (Å²) in [6.07, 6.45) is 0.0342. The molecule has 0 radical (unpaired) electrons. The molecule has 42 heavy (non-hydrogen) atoms. The van der Waals surface area contributed by atoms with E-state index in [1.54, 1.807) is 17.6 Å². The van der Waals surface area contributed by atoms with Crippen LogP contribution in [-0.2, 0) is 22.6 Å². The first kappa shape index (κ1) is 29.1.